The van der Waals surface area contributed by atoms with Crippen LogP contribution in [0.25, 0.3) is 0 Å². The van der Waals surface area contributed by atoms with Crippen molar-refractivity contribution in [2.45, 2.75) is 37.4 Å². The van der Waals surface area contributed by atoms with Crippen LogP contribution in [0, 0.1) is 0 Å². The number of nitrogens with one attached hydrogen (secondary N) is 3. The first-order chi connectivity index (χ1) is 13.5. The average molecular weight is 458 g/mol. The van der Waals surface area contributed by atoms with Gasteiger partial charge in [0, 0.05) is 50.1 Å². The summed E-state index contributed by atoms with van der Waals surface area (Å²) in [6, 6.07) is 10.2. The zero-order chi connectivity index (χ0) is 20.0. The molecular weight excluding hydrogens is 425 g/mol. The predicted octanol–water partition coefficient (Wildman–Crippen LogP) is 2.54. The monoisotopic (exact) mass is 457 g/mol. The van der Waals surface area contributed by atoms with E-state index in [-0.39, 0.29) is 42.3 Å². The van der Waals surface area contributed by atoms with Crippen molar-refractivity contribution in [2.75, 3.05) is 26.8 Å². The molecule has 2 aromatic rings. The molecule has 1 aromatic heterocycles. The lowest BCUT2D eigenvalue weighted by Crippen LogP contribution is -2.57. The molecule has 1 saturated heterocycles. The van der Waals surface area contributed by atoms with Crippen LogP contribution in [0.2, 0.25) is 0 Å². The highest BCUT2D eigenvalue weighted by molar-refractivity contribution is 5.85. The zero-order valence-corrected chi connectivity index (χ0v) is 19.4. The van der Waals surface area contributed by atoms with Crippen LogP contribution in [0.4, 0.5) is 0 Å². The second-order valence-corrected chi connectivity index (χ2v) is 7.56. The summed E-state index contributed by atoms with van der Waals surface area (Å²) in [5.74, 6) is -0.0458. The standard InChI is InChI=1S/C21H31N5O2.2ClH/c1-16(17-7-5-4-6-8-17)25-21(9-11-28-12-10-21)15-23-20(27)19(22-2)18-13-24-26(3)14-18;;/h4-8,13-14,16,19,22,25H,9-12,15H2,1-3H3,(H,23,27);2*1H. The van der Waals surface area contributed by atoms with E-state index in [0.29, 0.717) is 19.8 Å². The number of hydrogen-bond donors (Lipinski definition) is 3. The summed E-state index contributed by atoms with van der Waals surface area (Å²) < 4.78 is 7.29. The number of hydrogen-bond acceptors (Lipinski definition) is 5. The van der Waals surface area contributed by atoms with Crippen molar-refractivity contribution in [1.29, 1.82) is 0 Å². The molecule has 0 aliphatic carbocycles. The van der Waals surface area contributed by atoms with E-state index in [0.717, 1.165) is 18.4 Å². The number of nitrogens with zero attached hydrogens (tertiary/aromatic N) is 2. The number of likely N-dealkylation sites (N-methyl/N-ethyl adjacent to an activating group) is 1. The van der Waals surface area contributed by atoms with E-state index in [2.05, 4.69) is 52.2 Å². The quantitative estimate of drug-likeness (QED) is 0.567. The molecule has 7 nitrogen and oxygen atoms in total. The van der Waals surface area contributed by atoms with Gasteiger partial charge in [0.1, 0.15) is 6.04 Å². The minimum atomic E-state index is -0.419. The molecular formula is C21H33Cl2N5O2. The van der Waals surface area contributed by atoms with Gasteiger partial charge in [0.2, 0.25) is 5.91 Å². The molecule has 30 heavy (non-hydrogen) atoms. The predicted molar refractivity (Wildman–Crippen MR) is 123 cm³/mol. The highest BCUT2D eigenvalue weighted by Gasteiger charge is 2.35. The Morgan fingerprint density at radius 2 is 1.87 bits per heavy atom. The molecule has 1 aromatic carbocycles. The third-order valence-corrected chi connectivity index (χ3v) is 5.48. The lowest BCUT2D eigenvalue weighted by molar-refractivity contribution is -0.123. The summed E-state index contributed by atoms with van der Waals surface area (Å²) in [6.07, 6.45) is 5.31. The van der Waals surface area contributed by atoms with E-state index in [9.17, 15) is 4.79 Å². The van der Waals surface area contributed by atoms with Crippen molar-refractivity contribution in [3.05, 3.63) is 53.9 Å². The van der Waals surface area contributed by atoms with Crippen LogP contribution in [-0.4, -0.2) is 48.0 Å². The Balaban J connectivity index is 0.00000225. The topological polar surface area (TPSA) is 80.2 Å². The molecule has 0 saturated carbocycles. The Labute approximate surface area is 191 Å². The van der Waals surface area contributed by atoms with Gasteiger partial charge in [0.15, 0.2) is 0 Å². The number of carbonyl (C=O) groups excluding carboxylic acids is 1. The number of halogens is 2. The van der Waals surface area contributed by atoms with E-state index in [4.69, 9.17) is 4.74 Å². The lowest BCUT2D eigenvalue weighted by Gasteiger charge is -2.41. The van der Waals surface area contributed by atoms with Gasteiger partial charge in [-0.2, -0.15) is 5.10 Å². The fourth-order valence-electron chi connectivity index (χ4n) is 3.82. The fourth-order valence-corrected chi connectivity index (χ4v) is 3.82. The van der Waals surface area contributed by atoms with Gasteiger partial charge in [-0.3, -0.25) is 9.48 Å². The number of ether oxygens (including phenoxy) is 1. The maximum atomic E-state index is 12.9. The minimum Gasteiger partial charge on any atom is -0.381 e. The molecule has 2 atom stereocenters. The number of carbonyl (C=O) groups is 1. The Morgan fingerprint density at radius 3 is 2.43 bits per heavy atom. The van der Waals surface area contributed by atoms with Gasteiger partial charge in [-0.1, -0.05) is 30.3 Å². The Bertz CT molecular complexity index is 766. The summed E-state index contributed by atoms with van der Waals surface area (Å²) in [4.78, 5) is 12.9. The molecule has 0 radical (unpaired) electrons. The van der Waals surface area contributed by atoms with E-state index in [1.807, 2.05) is 19.3 Å². The summed E-state index contributed by atoms with van der Waals surface area (Å²) >= 11 is 0. The Kier molecular flexibility index (Phi) is 10.8. The molecule has 1 fully saturated rings. The molecule has 3 N–H and O–H groups in total. The van der Waals surface area contributed by atoms with Crippen molar-refractivity contribution in [1.82, 2.24) is 25.7 Å². The van der Waals surface area contributed by atoms with E-state index in [1.165, 1.54) is 5.56 Å². The van der Waals surface area contributed by atoms with Gasteiger partial charge in [0.05, 0.1) is 6.20 Å². The van der Waals surface area contributed by atoms with E-state index < -0.39 is 6.04 Å². The lowest BCUT2D eigenvalue weighted by atomic mass is 9.88. The third-order valence-electron chi connectivity index (χ3n) is 5.48. The molecule has 2 unspecified atom stereocenters. The summed E-state index contributed by atoms with van der Waals surface area (Å²) in [5.41, 5.74) is 1.91. The van der Waals surface area contributed by atoms with Crippen molar-refractivity contribution in [3.8, 4) is 0 Å². The third kappa shape index (κ3) is 6.68. The number of amides is 1. The number of benzene rings is 1. The van der Waals surface area contributed by atoms with E-state index in [1.54, 1.807) is 17.9 Å². The van der Waals surface area contributed by atoms with Gasteiger partial charge in [0.25, 0.3) is 0 Å². The molecule has 0 spiro atoms. The molecule has 9 heteroatoms. The van der Waals surface area contributed by atoms with E-state index >= 15 is 0 Å². The SMILES string of the molecule is CNC(C(=O)NCC1(NC(C)c2ccccc2)CCOCC1)c1cnn(C)c1.Cl.Cl. The van der Waals surface area contributed by atoms with Crippen LogP contribution in [-0.2, 0) is 16.6 Å². The smallest absolute Gasteiger partial charge is 0.241 e. The van der Waals surface area contributed by atoms with Gasteiger partial charge in [-0.25, -0.2) is 0 Å². The molecule has 2 heterocycles. The summed E-state index contributed by atoms with van der Waals surface area (Å²) in [5, 5.41) is 14.2. The van der Waals surface area contributed by atoms with Crippen molar-refractivity contribution in [3.63, 3.8) is 0 Å². The average Bonchev–Trinajstić information content (AvgIpc) is 3.14. The van der Waals surface area contributed by atoms with Crippen LogP contribution in [0.15, 0.2) is 42.7 Å². The Hall–Kier alpha value is -1.64. The number of aromatic nitrogens is 2. The highest BCUT2D eigenvalue weighted by Crippen LogP contribution is 2.25. The molecule has 0 bridgehead atoms. The first kappa shape index (κ1) is 26.4. The van der Waals surface area contributed by atoms with Crippen LogP contribution in [0.1, 0.15) is 43.0 Å². The number of aryl methyl sites for hydroxylation is 1. The zero-order valence-electron chi connectivity index (χ0n) is 17.8. The van der Waals surface area contributed by atoms with Gasteiger partial charge < -0.3 is 20.7 Å². The maximum Gasteiger partial charge on any atom is 0.241 e. The second-order valence-electron chi connectivity index (χ2n) is 7.56. The largest absolute Gasteiger partial charge is 0.381 e. The molecule has 3 rings (SSSR count). The van der Waals surface area contributed by atoms with Crippen LogP contribution in [0.5, 0.6) is 0 Å². The minimum absolute atomic E-state index is 0. The molecule has 1 aliphatic rings. The van der Waals surface area contributed by atoms with Crippen molar-refractivity contribution in [2.24, 2.45) is 7.05 Å². The maximum absolute atomic E-state index is 12.9. The van der Waals surface area contributed by atoms with Gasteiger partial charge in [-0.05, 0) is 32.4 Å². The fraction of sp³-hybridized carbons (Fsp3) is 0.524. The normalized spacial score (nSPS) is 17.2. The second kappa shape index (κ2) is 12.3. The van der Waals surface area contributed by atoms with Crippen molar-refractivity contribution >= 4 is 30.7 Å². The first-order valence-electron chi connectivity index (χ1n) is 9.87. The van der Waals surface area contributed by atoms with Crippen molar-refractivity contribution < 1.29 is 9.53 Å². The molecule has 1 aliphatic heterocycles. The number of rotatable bonds is 8. The molecule has 168 valence electrons. The van der Waals surface area contributed by atoms with Crippen LogP contribution in [0.3, 0.4) is 0 Å². The van der Waals surface area contributed by atoms with Gasteiger partial charge >= 0.3 is 0 Å². The summed E-state index contributed by atoms with van der Waals surface area (Å²) in [6.45, 7) is 4.12. The first-order valence-corrected chi connectivity index (χ1v) is 9.87. The van der Waals surface area contributed by atoms with Crippen LogP contribution >= 0.6 is 24.8 Å². The summed E-state index contributed by atoms with van der Waals surface area (Å²) in [7, 11) is 3.64. The Morgan fingerprint density at radius 1 is 1.20 bits per heavy atom. The highest BCUT2D eigenvalue weighted by atomic mass is 35.5. The van der Waals surface area contributed by atoms with Gasteiger partial charge in [-0.15, -0.1) is 24.8 Å². The molecule has 1 amide bonds. The van der Waals surface area contributed by atoms with Crippen LogP contribution < -0.4 is 16.0 Å².